The Bertz CT molecular complexity index is 353. The van der Waals surface area contributed by atoms with Gasteiger partial charge in [0.05, 0.1) is 12.1 Å². The van der Waals surface area contributed by atoms with Crippen LogP contribution in [0.2, 0.25) is 0 Å². The number of aliphatic carboxylic acids is 1. The molecule has 2 N–H and O–H groups in total. The summed E-state index contributed by atoms with van der Waals surface area (Å²) in [5, 5.41) is 11.8. The molecule has 0 aromatic carbocycles. The number of nitrogens with one attached hydrogen (secondary N) is 1. The van der Waals surface area contributed by atoms with Crippen LogP contribution < -0.4 is 5.32 Å². The van der Waals surface area contributed by atoms with Gasteiger partial charge in [0.15, 0.2) is 0 Å². The second-order valence-electron chi connectivity index (χ2n) is 5.85. The molecular weight excluding hydrogens is 248 g/mol. The van der Waals surface area contributed by atoms with Gasteiger partial charge in [0.25, 0.3) is 0 Å². The molecular formula is C13H22N2O4. The third-order valence-corrected chi connectivity index (χ3v) is 3.88. The van der Waals surface area contributed by atoms with Gasteiger partial charge in [-0.05, 0) is 32.1 Å². The number of ether oxygens (including phenoxy) is 1. The minimum absolute atomic E-state index is 0.0821. The number of carboxylic acids is 1. The first kappa shape index (κ1) is 14.1. The smallest absolute Gasteiger partial charge is 0.317 e. The van der Waals surface area contributed by atoms with Crippen molar-refractivity contribution in [3.63, 3.8) is 0 Å². The van der Waals surface area contributed by atoms with Crippen LogP contribution in [0.15, 0.2) is 0 Å². The lowest BCUT2D eigenvalue weighted by Crippen LogP contribution is -2.55. The van der Waals surface area contributed by atoms with Gasteiger partial charge in [-0.15, -0.1) is 0 Å². The van der Waals surface area contributed by atoms with Crippen molar-refractivity contribution >= 4 is 12.0 Å². The fraction of sp³-hybridized carbons (Fsp3) is 0.846. The van der Waals surface area contributed by atoms with Crippen LogP contribution in [0.5, 0.6) is 0 Å². The molecule has 2 aliphatic heterocycles. The molecule has 2 unspecified atom stereocenters. The summed E-state index contributed by atoms with van der Waals surface area (Å²) in [7, 11) is 0. The highest BCUT2D eigenvalue weighted by Crippen LogP contribution is 2.22. The van der Waals surface area contributed by atoms with E-state index >= 15 is 0 Å². The third-order valence-electron chi connectivity index (χ3n) is 3.88. The maximum absolute atomic E-state index is 12.2. The largest absolute Gasteiger partial charge is 0.481 e. The fourth-order valence-electron chi connectivity index (χ4n) is 2.80. The molecule has 2 heterocycles. The van der Waals surface area contributed by atoms with Crippen LogP contribution in [-0.4, -0.2) is 53.8 Å². The molecule has 19 heavy (non-hydrogen) atoms. The molecule has 108 valence electrons. The van der Waals surface area contributed by atoms with Crippen LogP contribution in [0.25, 0.3) is 0 Å². The number of hydrogen-bond donors (Lipinski definition) is 2. The minimum atomic E-state index is -0.792. The number of carbonyl (C=O) groups is 2. The number of rotatable bonds is 3. The molecule has 6 heteroatoms. The van der Waals surface area contributed by atoms with Crippen LogP contribution in [0.3, 0.4) is 0 Å². The summed E-state index contributed by atoms with van der Waals surface area (Å²) >= 11 is 0. The van der Waals surface area contributed by atoms with E-state index in [1.165, 1.54) is 0 Å². The number of urea groups is 1. The van der Waals surface area contributed by atoms with Crippen LogP contribution in [0.4, 0.5) is 4.79 Å². The SMILES string of the molecule is CC1(NC(=O)N2CCC(CC(=O)O)C2)CCCOC1. The quantitative estimate of drug-likeness (QED) is 0.803. The third kappa shape index (κ3) is 3.83. The predicted molar refractivity (Wildman–Crippen MR) is 68.9 cm³/mol. The van der Waals surface area contributed by atoms with E-state index < -0.39 is 5.97 Å². The number of likely N-dealkylation sites (tertiary alicyclic amines) is 1. The molecule has 0 radical (unpaired) electrons. The lowest BCUT2D eigenvalue weighted by Gasteiger charge is -2.35. The summed E-state index contributed by atoms with van der Waals surface area (Å²) in [6.07, 6.45) is 2.79. The number of nitrogens with zero attached hydrogens (tertiary/aromatic N) is 1. The number of hydrogen-bond acceptors (Lipinski definition) is 3. The zero-order chi connectivity index (χ0) is 13.9. The summed E-state index contributed by atoms with van der Waals surface area (Å²) in [6, 6.07) is -0.0964. The van der Waals surface area contributed by atoms with Crippen LogP contribution in [0, 0.1) is 5.92 Å². The molecule has 0 spiro atoms. The van der Waals surface area contributed by atoms with Gasteiger partial charge in [-0.2, -0.15) is 0 Å². The van der Waals surface area contributed by atoms with E-state index in [1.807, 2.05) is 6.92 Å². The topological polar surface area (TPSA) is 78.9 Å². The van der Waals surface area contributed by atoms with Crippen molar-refractivity contribution in [3.8, 4) is 0 Å². The van der Waals surface area contributed by atoms with E-state index in [2.05, 4.69) is 5.32 Å². The maximum Gasteiger partial charge on any atom is 0.317 e. The molecule has 6 nitrogen and oxygen atoms in total. The van der Waals surface area contributed by atoms with Crippen molar-refractivity contribution in [3.05, 3.63) is 0 Å². The van der Waals surface area contributed by atoms with Crippen molar-refractivity contribution in [2.75, 3.05) is 26.3 Å². The van der Waals surface area contributed by atoms with Crippen molar-refractivity contribution in [1.82, 2.24) is 10.2 Å². The Morgan fingerprint density at radius 1 is 1.53 bits per heavy atom. The average molecular weight is 270 g/mol. The first-order chi connectivity index (χ1) is 8.98. The molecule has 2 atom stereocenters. The molecule has 2 amide bonds. The number of amides is 2. The van der Waals surface area contributed by atoms with E-state index in [4.69, 9.17) is 9.84 Å². The van der Waals surface area contributed by atoms with Gasteiger partial charge < -0.3 is 20.1 Å². The lowest BCUT2D eigenvalue weighted by atomic mass is 9.95. The van der Waals surface area contributed by atoms with E-state index in [1.54, 1.807) is 4.90 Å². The van der Waals surface area contributed by atoms with Crippen molar-refractivity contribution in [2.45, 2.75) is 38.1 Å². The Balaban J connectivity index is 1.82. The Hall–Kier alpha value is -1.30. The van der Waals surface area contributed by atoms with E-state index in [0.717, 1.165) is 25.9 Å². The lowest BCUT2D eigenvalue weighted by molar-refractivity contribution is -0.138. The molecule has 0 aromatic heterocycles. The molecule has 0 aliphatic carbocycles. The van der Waals surface area contributed by atoms with Gasteiger partial charge in [-0.1, -0.05) is 0 Å². The summed E-state index contributed by atoms with van der Waals surface area (Å²) in [6.45, 7) is 4.48. The van der Waals surface area contributed by atoms with Gasteiger partial charge in [-0.25, -0.2) is 4.79 Å². The highest BCUT2D eigenvalue weighted by Gasteiger charge is 2.33. The minimum Gasteiger partial charge on any atom is -0.481 e. The average Bonchev–Trinajstić information content (AvgIpc) is 2.77. The van der Waals surface area contributed by atoms with Gasteiger partial charge >= 0.3 is 12.0 Å². The number of carbonyl (C=O) groups excluding carboxylic acids is 1. The second kappa shape index (κ2) is 5.77. The highest BCUT2D eigenvalue weighted by atomic mass is 16.5. The zero-order valence-corrected chi connectivity index (χ0v) is 11.4. The van der Waals surface area contributed by atoms with E-state index in [0.29, 0.717) is 19.7 Å². The monoisotopic (exact) mass is 270 g/mol. The van der Waals surface area contributed by atoms with Crippen LogP contribution in [0.1, 0.15) is 32.6 Å². The summed E-state index contributed by atoms with van der Waals surface area (Å²) < 4.78 is 5.41. The first-order valence-electron chi connectivity index (χ1n) is 6.85. The van der Waals surface area contributed by atoms with Gasteiger partial charge in [0, 0.05) is 26.1 Å². The van der Waals surface area contributed by atoms with Crippen LogP contribution in [-0.2, 0) is 9.53 Å². The molecule has 0 bridgehead atoms. The van der Waals surface area contributed by atoms with Gasteiger partial charge in [0.2, 0.25) is 0 Å². The van der Waals surface area contributed by atoms with Crippen molar-refractivity contribution < 1.29 is 19.4 Å². The Morgan fingerprint density at radius 3 is 2.95 bits per heavy atom. The Labute approximate surface area is 113 Å². The Kier molecular flexibility index (Phi) is 4.29. The standard InChI is InChI=1S/C13H22N2O4/c1-13(4-2-6-19-9-13)14-12(18)15-5-3-10(8-15)7-11(16)17/h10H,2-9H2,1H3,(H,14,18)(H,16,17). The van der Waals surface area contributed by atoms with E-state index in [9.17, 15) is 9.59 Å². The Morgan fingerprint density at radius 2 is 2.32 bits per heavy atom. The van der Waals surface area contributed by atoms with E-state index in [-0.39, 0.29) is 23.9 Å². The first-order valence-corrected chi connectivity index (χ1v) is 6.85. The molecule has 2 saturated heterocycles. The van der Waals surface area contributed by atoms with Crippen molar-refractivity contribution in [1.29, 1.82) is 0 Å². The normalized spacial score (nSPS) is 31.2. The fourth-order valence-corrected chi connectivity index (χ4v) is 2.80. The van der Waals surface area contributed by atoms with Crippen molar-refractivity contribution in [2.24, 2.45) is 5.92 Å². The van der Waals surface area contributed by atoms with Crippen LogP contribution >= 0.6 is 0 Å². The predicted octanol–water partition coefficient (Wildman–Crippen LogP) is 1.06. The molecule has 0 saturated carbocycles. The second-order valence-corrected chi connectivity index (χ2v) is 5.85. The number of carboxylic acid groups (broad SMARTS) is 1. The van der Waals surface area contributed by atoms with Gasteiger partial charge in [0.1, 0.15) is 0 Å². The summed E-state index contributed by atoms with van der Waals surface area (Å²) in [5.41, 5.74) is -0.291. The highest BCUT2D eigenvalue weighted by molar-refractivity contribution is 5.75. The molecule has 2 aliphatic rings. The summed E-state index contributed by atoms with van der Waals surface area (Å²) in [5.74, 6) is -0.710. The molecule has 0 aromatic rings. The van der Waals surface area contributed by atoms with Gasteiger partial charge in [-0.3, -0.25) is 4.79 Å². The maximum atomic E-state index is 12.2. The molecule has 2 rings (SSSR count). The zero-order valence-electron chi connectivity index (χ0n) is 11.4. The molecule has 2 fully saturated rings. The summed E-state index contributed by atoms with van der Waals surface area (Å²) in [4.78, 5) is 24.5.